The first-order valence-electron chi connectivity index (χ1n) is 6.16. The standard InChI is InChI=1S/C12H21N3O3/c1-4-9(16)6-13-8-11-10(7-14-15(11)3)12(17)18-5-2/h7,9,13,16H,4-6,8H2,1-3H3. The molecule has 1 unspecified atom stereocenters. The fourth-order valence-corrected chi connectivity index (χ4v) is 1.55. The molecule has 0 aromatic carbocycles. The summed E-state index contributed by atoms with van der Waals surface area (Å²) in [6, 6.07) is 0. The molecule has 1 aromatic heterocycles. The molecule has 0 aliphatic heterocycles. The smallest absolute Gasteiger partial charge is 0.341 e. The van der Waals surface area contributed by atoms with Crippen LogP contribution in [-0.2, 0) is 18.3 Å². The molecule has 1 aromatic rings. The molecule has 1 rings (SSSR count). The van der Waals surface area contributed by atoms with E-state index in [-0.39, 0.29) is 12.1 Å². The average molecular weight is 255 g/mol. The summed E-state index contributed by atoms with van der Waals surface area (Å²) in [5, 5.41) is 16.6. The second-order valence-electron chi connectivity index (χ2n) is 4.04. The van der Waals surface area contributed by atoms with E-state index in [2.05, 4.69) is 10.4 Å². The van der Waals surface area contributed by atoms with Gasteiger partial charge in [-0.3, -0.25) is 4.68 Å². The SMILES string of the molecule is CCOC(=O)c1cnn(C)c1CNCC(O)CC. The number of ether oxygens (including phenoxy) is 1. The Hall–Kier alpha value is -1.40. The van der Waals surface area contributed by atoms with Crippen LogP contribution in [-0.4, -0.2) is 40.1 Å². The zero-order valence-corrected chi connectivity index (χ0v) is 11.1. The summed E-state index contributed by atoms with van der Waals surface area (Å²) in [7, 11) is 1.77. The number of nitrogens with one attached hydrogen (secondary N) is 1. The lowest BCUT2D eigenvalue weighted by atomic mass is 10.2. The first kappa shape index (κ1) is 14.7. The predicted octanol–water partition coefficient (Wildman–Crippen LogP) is 0.457. The third kappa shape index (κ3) is 3.82. The first-order valence-corrected chi connectivity index (χ1v) is 6.16. The normalized spacial score (nSPS) is 12.4. The first-order chi connectivity index (χ1) is 8.60. The maximum absolute atomic E-state index is 11.7. The van der Waals surface area contributed by atoms with Crippen LogP contribution < -0.4 is 5.32 Å². The van der Waals surface area contributed by atoms with E-state index < -0.39 is 0 Å². The van der Waals surface area contributed by atoms with E-state index in [1.54, 1.807) is 18.7 Å². The van der Waals surface area contributed by atoms with Crippen LogP contribution in [0, 0.1) is 0 Å². The number of aromatic nitrogens is 2. The molecule has 0 saturated heterocycles. The Balaban J connectivity index is 2.64. The van der Waals surface area contributed by atoms with Crippen LogP contribution in [0.5, 0.6) is 0 Å². The van der Waals surface area contributed by atoms with Gasteiger partial charge in [0.15, 0.2) is 0 Å². The summed E-state index contributed by atoms with van der Waals surface area (Å²) in [5.74, 6) is -0.363. The van der Waals surface area contributed by atoms with Crippen LogP contribution in [0.25, 0.3) is 0 Å². The summed E-state index contributed by atoms with van der Waals surface area (Å²) >= 11 is 0. The molecule has 1 heterocycles. The third-order valence-electron chi connectivity index (χ3n) is 2.70. The van der Waals surface area contributed by atoms with Crippen molar-refractivity contribution in [2.45, 2.75) is 32.9 Å². The summed E-state index contributed by atoms with van der Waals surface area (Å²) in [4.78, 5) is 11.7. The molecule has 0 bridgehead atoms. The molecular formula is C12H21N3O3. The molecule has 1 atom stereocenters. The summed E-state index contributed by atoms with van der Waals surface area (Å²) in [6.45, 7) is 4.99. The minimum Gasteiger partial charge on any atom is -0.462 e. The fourth-order valence-electron chi connectivity index (χ4n) is 1.55. The Labute approximate surface area is 107 Å². The highest BCUT2D eigenvalue weighted by Crippen LogP contribution is 2.09. The summed E-state index contributed by atoms with van der Waals surface area (Å²) in [6.07, 6.45) is 1.83. The van der Waals surface area contributed by atoms with E-state index in [0.29, 0.717) is 31.7 Å². The molecule has 2 N–H and O–H groups in total. The van der Waals surface area contributed by atoms with Crippen molar-refractivity contribution in [3.63, 3.8) is 0 Å². The van der Waals surface area contributed by atoms with Crippen molar-refractivity contribution in [3.8, 4) is 0 Å². The second kappa shape index (κ2) is 7.13. The molecule has 6 nitrogen and oxygen atoms in total. The van der Waals surface area contributed by atoms with Crippen LogP contribution in [0.1, 0.15) is 36.3 Å². The van der Waals surface area contributed by atoms with Gasteiger partial charge in [-0.1, -0.05) is 6.92 Å². The van der Waals surface area contributed by atoms with Crippen molar-refractivity contribution >= 4 is 5.97 Å². The zero-order chi connectivity index (χ0) is 13.5. The fraction of sp³-hybridized carbons (Fsp3) is 0.667. The van der Waals surface area contributed by atoms with E-state index in [9.17, 15) is 9.90 Å². The lowest BCUT2D eigenvalue weighted by Gasteiger charge is -2.10. The maximum Gasteiger partial charge on any atom is 0.341 e. The molecular weight excluding hydrogens is 234 g/mol. The van der Waals surface area contributed by atoms with Crippen LogP contribution in [0.2, 0.25) is 0 Å². The van der Waals surface area contributed by atoms with E-state index in [1.165, 1.54) is 6.20 Å². The number of carbonyl (C=O) groups is 1. The number of hydrogen-bond acceptors (Lipinski definition) is 5. The maximum atomic E-state index is 11.7. The van der Waals surface area contributed by atoms with Crippen molar-refractivity contribution in [3.05, 3.63) is 17.5 Å². The van der Waals surface area contributed by atoms with Gasteiger partial charge in [-0.15, -0.1) is 0 Å². The van der Waals surface area contributed by atoms with Crippen LogP contribution in [0.4, 0.5) is 0 Å². The quantitative estimate of drug-likeness (QED) is 0.692. The van der Waals surface area contributed by atoms with Crippen LogP contribution >= 0.6 is 0 Å². The Morgan fingerprint density at radius 1 is 1.61 bits per heavy atom. The monoisotopic (exact) mass is 255 g/mol. The molecule has 18 heavy (non-hydrogen) atoms. The number of rotatable bonds is 7. The summed E-state index contributed by atoms with van der Waals surface area (Å²) < 4.78 is 6.60. The molecule has 0 spiro atoms. The van der Waals surface area contributed by atoms with Crippen LogP contribution in [0.3, 0.4) is 0 Å². The largest absolute Gasteiger partial charge is 0.462 e. The van der Waals surface area contributed by atoms with Gasteiger partial charge in [-0.05, 0) is 13.3 Å². The van der Waals surface area contributed by atoms with Gasteiger partial charge in [0.25, 0.3) is 0 Å². The molecule has 0 fully saturated rings. The highest BCUT2D eigenvalue weighted by molar-refractivity contribution is 5.90. The van der Waals surface area contributed by atoms with Gasteiger partial charge >= 0.3 is 5.97 Å². The van der Waals surface area contributed by atoms with E-state index in [4.69, 9.17) is 4.74 Å². The van der Waals surface area contributed by atoms with Gasteiger partial charge in [0, 0.05) is 20.1 Å². The number of esters is 1. The lowest BCUT2D eigenvalue weighted by molar-refractivity contribution is 0.0524. The number of nitrogens with zero attached hydrogens (tertiary/aromatic N) is 2. The van der Waals surface area contributed by atoms with Crippen molar-refractivity contribution in [1.82, 2.24) is 15.1 Å². The Bertz CT molecular complexity index is 390. The van der Waals surface area contributed by atoms with E-state index in [1.807, 2.05) is 6.92 Å². The minimum absolute atomic E-state index is 0.342. The average Bonchev–Trinajstić information content (AvgIpc) is 2.71. The predicted molar refractivity (Wildman–Crippen MR) is 67.2 cm³/mol. The van der Waals surface area contributed by atoms with Crippen LogP contribution in [0.15, 0.2) is 6.20 Å². The Morgan fingerprint density at radius 2 is 2.33 bits per heavy atom. The molecule has 0 aliphatic carbocycles. The van der Waals surface area contributed by atoms with Gasteiger partial charge in [0.2, 0.25) is 0 Å². The second-order valence-corrected chi connectivity index (χ2v) is 4.04. The number of aliphatic hydroxyl groups is 1. The highest BCUT2D eigenvalue weighted by atomic mass is 16.5. The van der Waals surface area contributed by atoms with Gasteiger partial charge in [0.1, 0.15) is 5.56 Å². The lowest BCUT2D eigenvalue weighted by Crippen LogP contribution is -2.27. The highest BCUT2D eigenvalue weighted by Gasteiger charge is 2.16. The number of aryl methyl sites for hydroxylation is 1. The van der Waals surface area contributed by atoms with Crippen molar-refractivity contribution < 1.29 is 14.6 Å². The molecule has 0 radical (unpaired) electrons. The molecule has 0 amide bonds. The molecule has 0 saturated carbocycles. The van der Waals surface area contributed by atoms with Crippen molar-refractivity contribution in [2.75, 3.05) is 13.2 Å². The van der Waals surface area contributed by atoms with E-state index in [0.717, 1.165) is 5.69 Å². The van der Waals surface area contributed by atoms with Gasteiger partial charge in [-0.2, -0.15) is 5.10 Å². The van der Waals surface area contributed by atoms with Crippen molar-refractivity contribution in [2.24, 2.45) is 7.05 Å². The Kier molecular flexibility index (Phi) is 5.80. The Morgan fingerprint density at radius 3 is 2.94 bits per heavy atom. The number of hydrogen-bond donors (Lipinski definition) is 2. The van der Waals surface area contributed by atoms with E-state index >= 15 is 0 Å². The topological polar surface area (TPSA) is 76.4 Å². The number of aliphatic hydroxyl groups excluding tert-OH is 1. The molecule has 102 valence electrons. The zero-order valence-electron chi connectivity index (χ0n) is 11.1. The third-order valence-corrected chi connectivity index (χ3v) is 2.70. The molecule has 6 heteroatoms. The van der Waals surface area contributed by atoms with Gasteiger partial charge in [-0.25, -0.2) is 4.79 Å². The van der Waals surface area contributed by atoms with Crippen molar-refractivity contribution in [1.29, 1.82) is 0 Å². The minimum atomic E-state index is -0.371. The van der Waals surface area contributed by atoms with Gasteiger partial charge in [0.05, 0.1) is 24.6 Å². The molecule has 0 aliphatic rings. The summed E-state index contributed by atoms with van der Waals surface area (Å²) in [5.41, 5.74) is 1.23. The van der Waals surface area contributed by atoms with Gasteiger partial charge < -0.3 is 15.2 Å². The number of carbonyl (C=O) groups excluding carboxylic acids is 1.